The second-order valence-electron chi connectivity index (χ2n) is 3.51. The van der Waals surface area contributed by atoms with Gasteiger partial charge in [0.1, 0.15) is 11.5 Å². The minimum absolute atomic E-state index is 0.0721. The third-order valence-corrected chi connectivity index (χ3v) is 2.42. The highest BCUT2D eigenvalue weighted by Crippen LogP contribution is 2.25. The average molecular weight is 216 g/mol. The fourth-order valence-corrected chi connectivity index (χ4v) is 1.67. The first-order valence-corrected chi connectivity index (χ1v) is 5.13. The topological polar surface area (TPSA) is 50.4 Å². The summed E-state index contributed by atoms with van der Waals surface area (Å²) in [7, 11) is 0. The Morgan fingerprint density at radius 3 is 2.69 bits per heavy atom. The van der Waals surface area contributed by atoms with Crippen LogP contribution in [0.15, 0.2) is 45.6 Å². The van der Waals surface area contributed by atoms with Crippen molar-refractivity contribution in [2.45, 2.75) is 13.3 Å². The Morgan fingerprint density at radius 2 is 2.00 bits per heavy atom. The fraction of sp³-hybridized carbons (Fsp3) is 0.154. The van der Waals surface area contributed by atoms with Crippen LogP contribution >= 0.6 is 0 Å². The van der Waals surface area contributed by atoms with E-state index in [2.05, 4.69) is 0 Å². The molecule has 1 aromatic carbocycles. The number of aryl methyl sites for hydroxylation is 1. The zero-order valence-corrected chi connectivity index (χ0v) is 8.93. The molecule has 3 nitrogen and oxygen atoms in total. The van der Waals surface area contributed by atoms with Gasteiger partial charge in [-0.25, -0.2) is 4.79 Å². The molecule has 0 bridgehead atoms. The Kier molecular flexibility index (Phi) is 2.77. The predicted molar refractivity (Wildman–Crippen MR) is 61.5 cm³/mol. The van der Waals surface area contributed by atoms with Crippen LogP contribution in [0.3, 0.4) is 0 Å². The summed E-state index contributed by atoms with van der Waals surface area (Å²) in [4.78, 5) is 11.2. The summed E-state index contributed by atoms with van der Waals surface area (Å²) < 4.78 is 5.07. The molecular weight excluding hydrogens is 204 g/mol. The second-order valence-corrected chi connectivity index (χ2v) is 3.51. The van der Waals surface area contributed by atoms with Gasteiger partial charge in [-0.1, -0.05) is 31.2 Å². The fourth-order valence-electron chi connectivity index (χ4n) is 1.67. The van der Waals surface area contributed by atoms with Gasteiger partial charge in [0.05, 0.1) is 6.07 Å². The summed E-state index contributed by atoms with van der Waals surface area (Å²) in [6, 6.07) is 10.2. The van der Waals surface area contributed by atoms with Crippen molar-refractivity contribution in [3.8, 4) is 17.1 Å². The van der Waals surface area contributed by atoms with Crippen LogP contribution in [0.25, 0.3) is 11.3 Å². The van der Waals surface area contributed by atoms with Crippen molar-refractivity contribution in [1.29, 1.82) is 0 Å². The van der Waals surface area contributed by atoms with E-state index >= 15 is 0 Å². The van der Waals surface area contributed by atoms with Gasteiger partial charge in [0.2, 0.25) is 0 Å². The molecule has 0 aliphatic rings. The first kappa shape index (κ1) is 10.5. The van der Waals surface area contributed by atoms with E-state index in [9.17, 15) is 9.90 Å². The molecule has 3 heteroatoms. The third kappa shape index (κ3) is 1.98. The summed E-state index contributed by atoms with van der Waals surface area (Å²) in [6.45, 7) is 2.03. The van der Waals surface area contributed by atoms with Crippen LogP contribution < -0.4 is 5.63 Å². The van der Waals surface area contributed by atoms with E-state index in [4.69, 9.17) is 4.42 Å². The van der Waals surface area contributed by atoms with Crippen molar-refractivity contribution in [2.24, 2.45) is 0 Å². The van der Waals surface area contributed by atoms with Crippen molar-refractivity contribution in [2.75, 3.05) is 0 Å². The lowest BCUT2D eigenvalue weighted by molar-refractivity contribution is 0.452. The highest BCUT2D eigenvalue weighted by atomic mass is 16.4. The second kappa shape index (κ2) is 4.23. The Labute approximate surface area is 93.0 Å². The molecule has 0 spiro atoms. The molecule has 1 aromatic heterocycles. The van der Waals surface area contributed by atoms with Crippen molar-refractivity contribution in [3.63, 3.8) is 0 Å². The number of hydrogen-bond donors (Lipinski definition) is 1. The molecule has 0 radical (unpaired) electrons. The van der Waals surface area contributed by atoms with Crippen molar-refractivity contribution < 1.29 is 9.52 Å². The molecule has 1 N–H and O–H groups in total. The molecule has 16 heavy (non-hydrogen) atoms. The van der Waals surface area contributed by atoms with Gasteiger partial charge in [0.15, 0.2) is 0 Å². The van der Waals surface area contributed by atoms with Crippen molar-refractivity contribution >= 4 is 0 Å². The Morgan fingerprint density at radius 1 is 1.25 bits per heavy atom. The highest BCUT2D eigenvalue weighted by Gasteiger charge is 2.07. The first-order chi connectivity index (χ1) is 7.70. The van der Waals surface area contributed by atoms with Crippen LogP contribution in [0.5, 0.6) is 5.75 Å². The Balaban J connectivity index is 2.62. The molecule has 0 aliphatic heterocycles. The minimum atomic E-state index is -0.541. The van der Waals surface area contributed by atoms with Gasteiger partial charge in [0.25, 0.3) is 0 Å². The van der Waals surface area contributed by atoms with Gasteiger partial charge < -0.3 is 9.52 Å². The SMILES string of the molecule is CCc1ccccc1-c1cc(O)cc(=O)o1. The lowest BCUT2D eigenvalue weighted by Gasteiger charge is -2.06. The van der Waals surface area contributed by atoms with Crippen molar-refractivity contribution in [3.05, 3.63) is 52.4 Å². The van der Waals surface area contributed by atoms with Crippen LogP contribution in [0, 0.1) is 0 Å². The van der Waals surface area contributed by atoms with Crippen LogP contribution in [0.4, 0.5) is 0 Å². The van der Waals surface area contributed by atoms with Gasteiger partial charge in [-0.2, -0.15) is 0 Å². The molecule has 0 saturated heterocycles. The van der Waals surface area contributed by atoms with Crippen LogP contribution in [-0.2, 0) is 6.42 Å². The van der Waals surface area contributed by atoms with Crippen LogP contribution in [-0.4, -0.2) is 5.11 Å². The zero-order chi connectivity index (χ0) is 11.5. The van der Waals surface area contributed by atoms with E-state index in [0.717, 1.165) is 23.6 Å². The molecule has 2 aromatic rings. The van der Waals surface area contributed by atoms with Gasteiger partial charge in [0, 0.05) is 11.6 Å². The molecule has 2 rings (SSSR count). The van der Waals surface area contributed by atoms with E-state index in [-0.39, 0.29) is 5.75 Å². The molecule has 82 valence electrons. The molecule has 0 aliphatic carbocycles. The van der Waals surface area contributed by atoms with E-state index < -0.39 is 5.63 Å². The van der Waals surface area contributed by atoms with E-state index in [1.807, 2.05) is 31.2 Å². The number of aromatic hydroxyl groups is 1. The minimum Gasteiger partial charge on any atom is -0.508 e. The maximum atomic E-state index is 11.2. The largest absolute Gasteiger partial charge is 0.508 e. The molecular formula is C13H12O3. The monoisotopic (exact) mass is 216 g/mol. The molecule has 0 amide bonds. The number of benzene rings is 1. The molecule has 0 fully saturated rings. The lowest BCUT2D eigenvalue weighted by Crippen LogP contribution is -1.97. The van der Waals surface area contributed by atoms with Crippen molar-refractivity contribution in [1.82, 2.24) is 0 Å². The van der Waals surface area contributed by atoms with Crippen LogP contribution in [0.2, 0.25) is 0 Å². The lowest BCUT2D eigenvalue weighted by atomic mass is 10.0. The van der Waals surface area contributed by atoms with E-state index in [1.165, 1.54) is 6.07 Å². The Bertz CT molecular complexity index is 555. The summed E-state index contributed by atoms with van der Waals surface area (Å²) in [6.07, 6.45) is 0.843. The molecule has 0 atom stereocenters. The van der Waals surface area contributed by atoms with Crippen LogP contribution in [0.1, 0.15) is 12.5 Å². The molecule has 1 heterocycles. The van der Waals surface area contributed by atoms with E-state index in [0.29, 0.717) is 5.76 Å². The summed E-state index contributed by atoms with van der Waals surface area (Å²) >= 11 is 0. The molecule has 0 saturated carbocycles. The summed E-state index contributed by atoms with van der Waals surface area (Å²) in [5.41, 5.74) is 1.38. The van der Waals surface area contributed by atoms with Gasteiger partial charge in [-0.05, 0) is 12.0 Å². The predicted octanol–water partition coefficient (Wildman–Crippen LogP) is 2.57. The highest BCUT2D eigenvalue weighted by molar-refractivity contribution is 5.62. The quantitative estimate of drug-likeness (QED) is 0.839. The van der Waals surface area contributed by atoms with Gasteiger partial charge in [-0.3, -0.25) is 0 Å². The third-order valence-electron chi connectivity index (χ3n) is 2.42. The number of rotatable bonds is 2. The number of hydrogen-bond acceptors (Lipinski definition) is 3. The van der Waals surface area contributed by atoms with Gasteiger partial charge >= 0.3 is 5.63 Å². The normalized spacial score (nSPS) is 10.3. The van der Waals surface area contributed by atoms with E-state index in [1.54, 1.807) is 0 Å². The molecule has 0 unspecified atom stereocenters. The summed E-state index contributed by atoms with van der Waals surface area (Å²) in [5, 5.41) is 9.36. The van der Waals surface area contributed by atoms with Gasteiger partial charge in [-0.15, -0.1) is 0 Å². The standard InChI is InChI=1S/C13H12O3/c1-2-9-5-3-4-6-11(9)12-7-10(14)8-13(15)16-12/h3-8,14H,2H2,1H3. The maximum absolute atomic E-state index is 11.2. The maximum Gasteiger partial charge on any atom is 0.339 e. The average Bonchev–Trinajstić information content (AvgIpc) is 2.27. The summed E-state index contributed by atoms with van der Waals surface area (Å²) in [5.74, 6) is 0.333. The Hall–Kier alpha value is -2.03. The smallest absolute Gasteiger partial charge is 0.339 e. The first-order valence-electron chi connectivity index (χ1n) is 5.13. The zero-order valence-electron chi connectivity index (χ0n) is 8.93.